The number of nitrogens with zero attached hydrogens (tertiary/aromatic N) is 3. The fourth-order valence-corrected chi connectivity index (χ4v) is 10.7. The normalized spacial score (nSPS) is 12.3. The van der Waals surface area contributed by atoms with Gasteiger partial charge in [0.1, 0.15) is 11.2 Å². The molecule has 12 aromatic rings. The molecule has 0 atom stereocenters. The van der Waals surface area contributed by atoms with Crippen molar-refractivity contribution in [1.82, 2.24) is 4.57 Å². The zero-order valence-corrected chi connectivity index (χ0v) is 41.3. The van der Waals surface area contributed by atoms with Crippen LogP contribution in [0.1, 0.15) is 63.8 Å². The van der Waals surface area contributed by atoms with Gasteiger partial charge in [0.05, 0.1) is 22.4 Å². The number of benzene rings is 10. The lowest BCUT2D eigenvalue weighted by Gasteiger charge is -2.28. The monoisotopic (exact) mass is 907 g/mol. The largest absolute Gasteiger partial charge is 0.456 e. The molecular formula is C66H57N3O. The lowest BCUT2D eigenvalue weighted by atomic mass is 9.87. The fourth-order valence-electron chi connectivity index (χ4n) is 10.7. The Bertz CT molecular complexity index is 3750. The van der Waals surface area contributed by atoms with Gasteiger partial charge in [-0.2, -0.15) is 0 Å². The Morgan fingerprint density at radius 1 is 0.357 bits per heavy atom. The van der Waals surface area contributed by atoms with Gasteiger partial charge in [-0.25, -0.2) is 0 Å². The van der Waals surface area contributed by atoms with Gasteiger partial charge in [0.15, 0.2) is 0 Å². The van der Waals surface area contributed by atoms with E-state index in [9.17, 15) is 0 Å². The number of hydrogen-bond acceptors (Lipinski definition) is 3. The van der Waals surface area contributed by atoms with Crippen molar-refractivity contribution in [2.24, 2.45) is 0 Å². The third kappa shape index (κ3) is 7.20. The molecule has 4 heteroatoms. The molecule has 0 spiro atoms. The van der Waals surface area contributed by atoms with Crippen LogP contribution < -0.4 is 9.80 Å². The Morgan fingerprint density at radius 3 is 1.16 bits per heavy atom. The minimum atomic E-state index is 0.0215. The molecule has 0 aliphatic heterocycles. The molecule has 0 aliphatic rings. The molecule has 0 saturated carbocycles. The van der Waals surface area contributed by atoms with Crippen LogP contribution in [-0.2, 0) is 10.8 Å². The molecule has 10 aromatic carbocycles. The van der Waals surface area contributed by atoms with Gasteiger partial charge in [-0.3, -0.25) is 0 Å². The zero-order chi connectivity index (χ0) is 48.1. The predicted octanol–water partition coefficient (Wildman–Crippen LogP) is 19.1. The van der Waals surface area contributed by atoms with Crippen LogP contribution in [-0.4, -0.2) is 4.57 Å². The topological polar surface area (TPSA) is 24.6 Å². The van der Waals surface area contributed by atoms with Crippen molar-refractivity contribution < 1.29 is 4.42 Å². The van der Waals surface area contributed by atoms with Gasteiger partial charge in [0.2, 0.25) is 0 Å². The molecule has 70 heavy (non-hydrogen) atoms. The van der Waals surface area contributed by atoms with Crippen molar-refractivity contribution in [3.63, 3.8) is 0 Å². The van der Waals surface area contributed by atoms with Crippen molar-refractivity contribution in [2.45, 2.75) is 66.2 Å². The summed E-state index contributed by atoms with van der Waals surface area (Å²) in [5, 5.41) is 9.39. The highest BCUT2D eigenvalue weighted by Crippen LogP contribution is 2.50. The van der Waals surface area contributed by atoms with Crippen LogP contribution in [0.4, 0.5) is 34.1 Å². The zero-order valence-electron chi connectivity index (χ0n) is 41.3. The number of aromatic nitrogens is 1. The first kappa shape index (κ1) is 43.2. The summed E-state index contributed by atoms with van der Waals surface area (Å²) in [6.07, 6.45) is 0. The van der Waals surface area contributed by atoms with E-state index in [4.69, 9.17) is 4.42 Å². The highest BCUT2D eigenvalue weighted by molar-refractivity contribution is 6.32. The van der Waals surface area contributed by atoms with Crippen LogP contribution in [0.25, 0.3) is 71.0 Å². The molecule has 0 saturated heterocycles. The highest BCUT2D eigenvalue weighted by atomic mass is 16.3. The second-order valence-electron chi connectivity index (χ2n) is 21.2. The molecule has 342 valence electrons. The maximum Gasteiger partial charge on any atom is 0.135 e. The summed E-state index contributed by atoms with van der Waals surface area (Å²) in [5.41, 5.74) is 16.8. The van der Waals surface area contributed by atoms with Crippen LogP contribution >= 0.6 is 0 Å². The van der Waals surface area contributed by atoms with Gasteiger partial charge >= 0.3 is 0 Å². The number of anilines is 6. The maximum absolute atomic E-state index is 6.46. The molecular weight excluding hydrogens is 851 g/mol. The molecule has 0 aliphatic carbocycles. The molecule has 2 heterocycles. The smallest absolute Gasteiger partial charge is 0.135 e. The number of rotatable bonds is 7. The van der Waals surface area contributed by atoms with Crippen LogP contribution in [0.3, 0.4) is 0 Å². The van der Waals surface area contributed by atoms with Crippen molar-refractivity contribution in [3.05, 3.63) is 222 Å². The van der Waals surface area contributed by atoms with Gasteiger partial charge in [0.25, 0.3) is 0 Å². The van der Waals surface area contributed by atoms with E-state index in [1.54, 1.807) is 0 Å². The number of fused-ring (bicyclic) bond motifs is 10. The van der Waals surface area contributed by atoms with E-state index in [1.807, 2.05) is 6.07 Å². The molecule has 0 bridgehead atoms. The second-order valence-corrected chi connectivity index (χ2v) is 21.2. The van der Waals surface area contributed by atoms with E-state index < -0.39 is 0 Å². The van der Waals surface area contributed by atoms with E-state index >= 15 is 0 Å². The number of aryl methyl sites for hydroxylation is 2. The average molecular weight is 908 g/mol. The van der Waals surface area contributed by atoms with Crippen LogP contribution in [0.5, 0.6) is 0 Å². The minimum Gasteiger partial charge on any atom is -0.456 e. The molecule has 12 rings (SSSR count). The minimum absolute atomic E-state index is 0.0215. The first-order valence-corrected chi connectivity index (χ1v) is 24.6. The summed E-state index contributed by atoms with van der Waals surface area (Å²) in [6.45, 7) is 18.0. The Morgan fingerprint density at radius 2 is 0.729 bits per heavy atom. The Balaban J connectivity index is 1.23. The van der Waals surface area contributed by atoms with Crippen molar-refractivity contribution >= 4 is 99.4 Å². The molecule has 0 amide bonds. The molecule has 0 N–H and O–H groups in total. The molecule has 0 fully saturated rings. The second kappa shape index (κ2) is 16.3. The number of furan rings is 1. The third-order valence-electron chi connectivity index (χ3n) is 14.4. The van der Waals surface area contributed by atoms with Gasteiger partial charge in [-0.1, -0.05) is 168 Å². The third-order valence-corrected chi connectivity index (χ3v) is 14.4. The quantitative estimate of drug-likeness (QED) is 0.159. The van der Waals surface area contributed by atoms with Gasteiger partial charge in [-0.05, 0) is 132 Å². The number of hydrogen-bond donors (Lipinski definition) is 0. The summed E-state index contributed by atoms with van der Waals surface area (Å²) in [5.74, 6) is 0. The summed E-state index contributed by atoms with van der Waals surface area (Å²) >= 11 is 0. The predicted molar refractivity (Wildman–Crippen MR) is 299 cm³/mol. The summed E-state index contributed by atoms with van der Waals surface area (Å²) in [6, 6.07) is 74.3. The molecule has 0 unspecified atom stereocenters. The first-order valence-electron chi connectivity index (χ1n) is 24.6. The van der Waals surface area contributed by atoms with Gasteiger partial charge < -0.3 is 18.8 Å². The maximum atomic E-state index is 6.46. The van der Waals surface area contributed by atoms with Crippen molar-refractivity contribution in [2.75, 3.05) is 9.80 Å². The fraction of sp³-hybridized carbons (Fsp3) is 0.152. The van der Waals surface area contributed by atoms with Crippen molar-refractivity contribution in [1.29, 1.82) is 0 Å². The van der Waals surface area contributed by atoms with Gasteiger partial charge in [0, 0.05) is 60.8 Å². The standard InChI is InChI=1S/C66H57N3O/c1-42-21-29-46(30-22-42)67(48-33-25-44(26-34-48)65(3,4)5)57-40-59-63(54-18-11-9-15-51(54)57)64-55-19-12-10-16-52(55)58(68(47-31-23-43(2)24-32-47)49-35-27-45(28-36-49)66(6,7)8)41-60(64)69(59)50-37-38-62-56(39-50)53-17-13-14-20-61(53)70-62/h9-41H,1-8H3. The summed E-state index contributed by atoms with van der Waals surface area (Å²) in [4.78, 5) is 4.90. The van der Waals surface area contributed by atoms with Gasteiger partial charge in [-0.15, -0.1) is 0 Å². The average Bonchev–Trinajstić information content (AvgIpc) is 3.90. The molecule has 0 radical (unpaired) electrons. The molecule has 2 aromatic heterocycles. The SMILES string of the molecule is Cc1ccc(N(c2ccc(C(C)(C)C)cc2)c2cc3c(c4ccccc24)c2c4ccccc4c(N(c4ccc(C)cc4)c4ccc(C(C)(C)C)cc4)cc2n3-c2ccc3oc4ccccc4c3c2)cc1. The van der Waals surface area contributed by atoms with E-state index in [-0.39, 0.29) is 10.8 Å². The summed E-state index contributed by atoms with van der Waals surface area (Å²) < 4.78 is 8.98. The molecule has 4 nitrogen and oxygen atoms in total. The lowest BCUT2D eigenvalue weighted by molar-refractivity contribution is 0.590. The highest BCUT2D eigenvalue weighted by Gasteiger charge is 2.27. The van der Waals surface area contributed by atoms with Crippen LogP contribution in [0.2, 0.25) is 0 Å². The van der Waals surface area contributed by atoms with E-state index in [1.165, 1.54) is 54.6 Å². The Labute approximate surface area is 410 Å². The van der Waals surface area contributed by atoms with Crippen LogP contribution in [0.15, 0.2) is 205 Å². The van der Waals surface area contributed by atoms with E-state index in [0.717, 1.165) is 72.8 Å². The van der Waals surface area contributed by atoms with E-state index in [0.29, 0.717) is 0 Å². The summed E-state index contributed by atoms with van der Waals surface area (Å²) in [7, 11) is 0. The van der Waals surface area contributed by atoms with Crippen LogP contribution in [0, 0.1) is 13.8 Å². The van der Waals surface area contributed by atoms with E-state index in [2.05, 4.69) is 264 Å². The Kier molecular flexibility index (Phi) is 10.0. The number of para-hydroxylation sites is 1. The van der Waals surface area contributed by atoms with Crippen molar-refractivity contribution in [3.8, 4) is 5.69 Å². The Hall–Kier alpha value is -8.08. The first-order chi connectivity index (χ1) is 33.8. The lowest BCUT2D eigenvalue weighted by Crippen LogP contribution is -2.13.